The number of Topliss-reactive ketones (excluding diaryl/α,β-unsaturated/α-hetero) is 1. The van der Waals surface area contributed by atoms with Crippen molar-refractivity contribution < 1.29 is 18.0 Å². The van der Waals surface area contributed by atoms with Crippen LogP contribution < -0.4 is 0 Å². The largest absolute Gasteiger partial charge is 0.333 e. The van der Waals surface area contributed by atoms with Gasteiger partial charge in [0.2, 0.25) is 15.9 Å². The number of sulfonamides is 1. The summed E-state index contributed by atoms with van der Waals surface area (Å²) in [4.78, 5) is 32.0. The first-order valence-electron chi connectivity index (χ1n) is 11.6. The van der Waals surface area contributed by atoms with Crippen LogP contribution in [0.4, 0.5) is 0 Å². The number of piperidine rings is 1. The quantitative estimate of drug-likeness (QED) is 0.492. The molecule has 0 aliphatic carbocycles. The number of thiazole rings is 1. The Kier molecular flexibility index (Phi) is 6.26. The Labute approximate surface area is 203 Å². The van der Waals surface area contributed by atoms with Crippen LogP contribution in [0.3, 0.4) is 0 Å². The van der Waals surface area contributed by atoms with Crippen LogP contribution in [-0.2, 0) is 14.8 Å². The molecule has 0 spiro atoms. The van der Waals surface area contributed by atoms with Crippen molar-refractivity contribution in [2.45, 2.75) is 43.5 Å². The average molecular weight is 498 g/mol. The SMILES string of the molecule is CC(=O)c1cccc(S(=O)(=O)N2CCC(C(=O)N3CCCC3c3nc4ccccc4s3)CC2)c1. The Bertz CT molecular complexity index is 1310. The van der Waals surface area contributed by atoms with Gasteiger partial charge in [-0.15, -0.1) is 11.3 Å². The lowest BCUT2D eigenvalue weighted by Gasteiger charge is -2.34. The van der Waals surface area contributed by atoms with E-state index in [1.165, 1.54) is 23.4 Å². The van der Waals surface area contributed by atoms with Crippen LogP contribution in [0.15, 0.2) is 53.4 Å². The third-order valence-corrected chi connectivity index (χ3v) is 9.85. The Morgan fingerprint density at radius 3 is 2.50 bits per heavy atom. The van der Waals surface area contributed by atoms with Crippen LogP contribution in [0, 0.1) is 5.92 Å². The van der Waals surface area contributed by atoms with E-state index in [0.717, 1.165) is 34.6 Å². The molecule has 1 atom stereocenters. The standard InChI is InChI=1S/C25H27N3O4S2/c1-17(29)19-6-4-7-20(16-19)34(31,32)27-14-11-18(12-15-27)25(30)28-13-5-9-22(28)24-26-21-8-2-3-10-23(21)33-24/h2-4,6-8,10,16,18,22H,5,9,11-15H2,1H3. The normalized spacial score (nSPS) is 20.1. The number of rotatable bonds is 5. The molecule has 0 saturated carbocycles. The van der Waals surface area contributed by atoms with Crippen molar-refractivity contribution in [1.82, 2.24) is 14.2 Å². The molecular formula is C25H27N3O4S2. The lowest BCUT2D eigenvalue weighted by molar-refractivity contribution is -0.137. The van der Waals surface area contributed by atoms with Crippen LogP contribution >= 0.6 is 11.3 Å². The van der Waals surface area contributed by atoms with Gasteiger partial charge in [-0.05, 0) is 56.9 Å². The van der Waals surface area contributed by atoms with Gasteiger partial charge >= 0.3 is 0 Å². The van der Waals surface area contributed by atoms with Crippen molar-refractivity contribution in [3.8, 4) is 0 Å². The molecule has 2 aliphatic heterocycles. The summed E-state index contributed by atoms with van der Waals surface area (Å²) < 4.78 is 28.8. The number of ketones is 1. The van der Waals surface area contributed by atoms with Gasteiger partial charge in [0.1, 0.15) is 5.01 Å². The third kappa shape index (κ3) is 4.28. The van der Waals surface area contributed by atoms with Crippen LogP contribution in [0.1, 0.15) is 54.0 Å². The molecule has 2 aromatic carbocycles. The first-order valence-corrected chi connectivity index (χ1v) is 13.9. The average Bonchev–Trinajstić information content (AvgIpc) is 3.51. The molecule has 178 valence electrons. The van der Waals surface area contributed by atoms with Crippen LogP contribution in [0.25, 0.3) is 10.2 Å². The molecule has 3 heterocycles. The molecule has 0 bridgehead atoms. The second kappa shape index (κ2) is 9.20. The topological polar surface area (TPSA) is 87.7 Å². The second-order valence-corrected chi connectivity index (χ2v) is 12.0. The van der Waals surface area contributed by atoms with Crippen LogP contribution in [-0.4, -0.2) is 53.9 Å². The Hall–Kier alpha value is -2.62. The molecule has 1 amide bonds. The summed E-state index contributed by atoms with van der Waals surface area (Å²) in [5.41, 5.74) is 1.34. The van der Waals surface area contributed by atoms with Crippen molar-refractivity contribution in [3.05, 3.63) is 59.1 Å². The number of nitrogens with zero attached hydrogens (tertiary/aromatic N) is 3. The molecule has 0 radical (unpaired) electrons. The molecule has 7 nitrogen and oxygen atoms in total. The van der Waals surface area contributed by atoms with Crippen molar-refractivity contribution in [2.24, 2.45) is 5.92 Å². The van der Waals surface area contributed by atoms with E-state index in [1.54, 1.807) is 23.5 Å². The molecular weight excluding hydrogens is 470 g/mol. The van der Waals surface area contributed by atoms with Crippen LogP contribution in [0.5, 0.6) is 0 Å². The predicted octanol–water partition coefficient (Wildman–Crippen LogP) is 4.26. The summed E-state index contributed by atoms with van der Waals surface area (Å²) in [6, 6.07) is 14.2. The molecule has 2 fully saturated rings. The number of carbonyl (C=O) groups is 2. The van der Waals surface area contributed by atoms with E-state index in [-0.39, 0.29) is 28.5 Å². The maximum atomic E-state index is 13.4. The summed E-state index contributed by atoms with van der Waals surface area (Å²) in [5, 5.41) is 0.984. The number of amides is 1. The van der Waals surface area contributed by atoms with Gasteiger partial charge in [-0.25, -0.2) is 13.4 Å². The van der Waals surface area contributed by atoms with Gasteiger partial charge in [0.25, 0.3) is 0 Å². The van der Waals surface area contributed by atoms with E-state index in [2.05, 4.69) is 6.07 Å². The maximum absolute atomic E-state index is 13.4. The van der Waals surface area contributed by atoms with Crippen molar-refractivity contribution in [1.29, 1.82) is 0 Å². The highest BCUT2D eigenvalue weighted by Gasteiger charge is 2.38. The number of carbonyl (C=O) groups excluding carboxylic acids is 2. The summed E-state index contributed by atoms with van der Waals surface area (Å²) >= 11 is 1.65. The maximum Gasteiger partial charge on any atom is 0.243 e. The number of fused-ring (bicyclic) bond motifs is 1. The highest BCUT2D eigenvalue weighted by molar-refractivity contribution is 7.89. The van der Waals surface area contributed by atoms with Gasteiger partial charge in [-0.1, -0.05) is 24.3 Å². The van der Waals surface area contributed by atoms with Gasteiger partial charge in [-0.2, -0.15) is 4.31 Å². The Balaban J connectivity index is 1.27. The molecule has 0 N–H and O–H groups in total. The molecule has 2 saturated heterocycles. The van der Waals surface area contributed by atoms with Gasteiger partial charge in [-0.3, -0.25) is 9.59 Å². The zero-order chi connectivity index (χ0) is 23.9. The summed E-state index contributed by atoms with van der Waals surface area (Å²) in [7, 11) is -3.71. The minimum atomic E-state index is -3.71. The van der Waals surface area contributed by atoms with Gasteiger partial charge < -0.3 is 4.90 Å². The van der Waals surface area contributed by atoms with E-state index >= 15 is 0 Å². The molecule has 5 rings (SSSR count). The lowest BCUT2D eigenvalue weighted by atomic mass is 9.96. The van der Waals surface area contributed by atoms with Gasteiger partial charge in [0, 0.05) is 31.1 Å². The third-order valence-electron chi connectivity index (χ3n) is 6.81. The molecule has 3 aromatic rings. The first kappa shape index (κ1) is 23.1. The smallest absolute Gasteiger partial charge is 0.243 e. The number of likely N-dealkylation sites (tertiary alicyclic amines) is 1. The molecule has 1 aromatic heterocycles. The number of hydrogen-bond donors (Lipinski definition) is 0. The molecule has 1 unspecified atom stereocenters. The van der Waals surface area contributed by atoms with E-state index in [0.29, 0.717) is 31.5 Å². The summed E-state index contributed by atoms with van der Waals surface area (Å²) in [6.07, 6.45) is 2.85. The van der Waals surface area contributed by atoms with E-state index in [9.17, 15) is 18.0 Å². The fourth-order valence-corrected chi connectivity index (χ4v) is 7.55. The number of aromatic nitrogens is 1. The molecule has 34 heavy (non-hydrogen) atoms. The van der Waals surface area contributed by atoms with Gasteiger partial charge in [0.05, 0.1) is 21.2 Å². The summed E-state index contributed by atoms with van der Waals surface area (Å²) in [5.74, 6) is -0.253. The predicted molar refractivity (Wildman–Crippen MR) is 131 cm³/mol. The lowest BCUT2D eigenvalue weighted by Crippen LogP contribution is -2.44. The zero-order valence-corrected chi connectivity index (χ0v) is 20.6. The van der Waals surface area contributed by atoms with Crippen LogP contribution in [0.2, 0.25) is 0 Å². The minimum Gasteiger partial charge on any atom is -0.333 e. The van der Waals surface area contributed by atoms with E-state index < -0.39 is 10.0 Å². The highest BCUT2D eigenvalue weighted by atomic mass is 32.2. The monoisotopic (exact) mass is 497 g/mol. The van der Waals surface area contributed by atoms with Crippen molar-refractivity contribution >= 4 is 43.3 Å². The highest BCUT2D eigenvalue weighted by Crippen LogP contribution is 2.38. The Morgan fingerprint density at radius 1 is 1.00 bits per heavy atom. The second-order valence-electron chi connectivity index (χ2n) is 8.97. The Morgan fingerprint density at radius 2 is 1.76 bits per heavy atom. The van der Waals surface area contributed by atoms with E-state index in [4.69, 9.17) is 4.98 Å². The number of hydrogen-bond acceptors (Lipinski definition) is 6. The number of benzene rings is 2. The summed E-state index contributed by atoms with van der Waals surface area (Å²) in [6.45, 7) is 2.73. The molecule has 2 aliphatic rings. The molecule has 9 heteroatoms. The van der Waals surface area contributed by atoms with Gasteiger partial charge in [0.15, 0.2) is 5.78 Å². The first-order chi connectivity index (χ1) is 16.3. The van der Waals surface area contributed by atoms with Crippen molar-refractivity contribution in [3.63, 3.8) is 0 Å². The number of para-hydroxylation sites is 1. The zero-order valence-electron chi connectivity index (χ0n) is 19.0. The fraction of sp³-hybridized carbons (Fsp3) is 0.400. The minimum absolute atomic E-state index is 0.000910. The fourth-order valence-electron chi connectivity index (χ4n) is 4.92. The van der Waals surface area contributed by atoms with E-state index in [1.807, 2.05) is 23.1 Å². The van der Waals surface area contributed by atoms with Crippen molar-refractivity contribution in [2.75, 3.05) is 19.6 Å².